The molecule has 28 heavy (non-hydrogen) atoms. The predicted molar refractivity (Wildman–Crippen MR) is 110 cm³/mol. The fraction of sp³-hybridized carbons (Fsp3) is 0.391. The average Bonchev–Trinajstić information content (AvgIpc) is 3.30. The normalized spacial score (nSPS) is 18.2. The minimum absolute atomic E-state index is 0.0324. The smallest absolute Gasteiger partial charge is 0.256 e. The molecule has 2 amide bonds. The molecule has 5 nitrogen and oxygen atoms in total. The Labute approximate surface area is 165 Å². The maximum absolute atomic E-state index is 12.9. The summed E-state index contributed by atoms with van der Waals surface area (Å²) in [6, 6.07) is 9.86. The molecule has 0 aromatic heterocycles. The van der Waals surface area contributed by atoms with Gasteiger partial charge in [0.1, 0.15) is 6.10 Å². The van der Waals surface area contributed by atoms with Gasteiger partial charge in [0, 0.05) is 30.1 Å². The maximum atomic E-state index is 12.9. The van der Waals surface area contributed by atoms with Crippen LogP contribution < -0.4 is 10.2 Å². The first kappa shape index (κ1) is 18.7. The molecular weight excluding hydrogens is 352 g/mol. The van der Waals surface area contributed by atoms with Gasteiger partial charge in [-0.25, -0.2) is 0 Å². The molecule has 0 radical (unpaired) electrons. The molecule has 0 bridgehead atoms. The Bertz CT molecular complexity index is 922. The summed E-state index contributed by atoms with van der Waals surface area (Å²) >= 11 is 0. The highest BCUT2D eigenvalue weighted by molar-refractivity contribution is 6.07. The van der Waals surface area contributed by atoms with Crippen LogP contribution in [0.3, 0.4) is 0 Å². The molecule has 1 N–H and O–H groups in total. The molecule has 2 aliphatic rings. The lowest BCUT2D eigenvalue weighted by Gasteiger charge is -2.21. The summed E-state index contributed by atoms with van der Waals surface area (Å²) in [5.74, 6) is -0.0881. The van der Waals surface area contributed by atoms with Crippen LogP contribution in [0.25, 0.3) is 0 Å². The van der Waals surface area contributed by atoms with E-state index < -0.39 is 0 Å². The summed E-state index contributed by atoms with van der Waals surface area (Å²) in [5, 5.41) is 3.01. The maximum Gasteiger partial charge on any atom is 0.256 e. The van der Waals surface area contributed by atoms with Gasteiger partial charge in [-0.2, -0.15) is 0 Å². The second-order valence-electron chi connectivity index (χ2n) is 7.81. The number of nitrogens with one attached hydrogen (secondary N) is 1. The average molecular weight is 378 g/mol. The van der Waals surface area contributed by atoms with Crippen LogP contribution >= 0.6 is 0 Å². The number of ether oxygens (including phenoxy) is 1. The van der Waals surface area contributed by atoms with E-state index in [1.165, 1.54) is 0 Å². The summed E-state index contributed by atoms with van der Waals surface area (Å²) in [4.78, 5) is 27.5. The standard InChI is InChI=1S/C23H26N2O3/c1-14-11-15(2)21(16(3)12-14)22(26)24-18-7-6-17-8-9-25(19(17)13-18)23(27)20-5-4-10-28-20/h6-7,11-13,20H,4-5,8-10H2,1-3H3,(H,24,26). The molecule has 1 atom stereocenters. The Morgan fingerprint density at radius 2 is 1.86 bits per heavy atom. The highest BCUT2D eigenvalue weighted by atomic mass is 16.5. The first-order valence-electron chi connectivity index (χ1n) is 9.89. The Morgan fingerprint density at radius 3 is 2.54 bits per heavy atom. The SMILES string of the molecule is Cc1cc(C)c(C(=O)Nc2ccc3c(c2)N(C(=O)C2CCCO2)CC3)c(C)c1. The summed E-state index contributed by atoms with van der Waals surface area (Å²) in [6.07, 6.45) is 2.22. The van der Waals surface area contributed by atoms with Crippen LogP contribution in [0.2, 0.25) is 0 Å². The van der Waals surface area contributed by atoms with Crippen LogP contribution in [0.15, 0.2) is 30.3 Å². The number of nitrogens with zero attached hydrogens (tertiary/aromatic N) is 1. The first-order chi connectivity index (χ1) is 13.4. The van der Waals surface area contributed by atoms with Gasteiger partial charge in [0.25, 0.3) is 11.8 Å². The van der Waals surface area contributed by atoms with E-state index in [1.807, 2.05) is 56.0 Å². The monoisotopic (exact) mass is 378 g/mol. The first-order valence-corrected chi connectivity index (χ1v) is 9.89. The number of hydrogen-bond acceptors (Lipinski definition) is 3. The van der Waals surface area contributed by atoms with Gasteiger partial charge in [-0.15, -0.1) is 0 Å². The molecule has 1 fully saturated rings. The molecule has 1 unspecified atom stereocenters. The molecule has 0 saturated carbocycles. The zero-order valence-corrected chi connectivity index (χ0v) is 16.7. The van der Waals surface area contributed by atoms with Crippen molar-refractivity contribution in [1.29, 1.82) is 0 Å². The van der Waals surface area contributed by atoms with Crippen molar-refractivity contribution >= 4 is 23.2 Å². The van der Waals surface area contributed by atoms with E-state index in [1.54, 1.807) is 0 Å². The fourth-order valence-corrected chi connectivity index (χ4v) is 4.36. The second-order valence-corrected chi connectivity index (χ2v) is 7.81. The predicted octanol–water partition coefficient (Wildman–Crippen LogP) is 3.93. The van der Waals surface area contributed by atoms with Crippen molar-refractivity contribution in [3.63, 3.8) is 0 Å². The summed E-state index contributed by atoms with van der Waals surface area (Å²) in [7, 11) is 0. The number of anilines is 2. The molecule has 0 aliphatic carbocycles. The van der Waals surface area contributed by atoms with E-state index >= 15 is 0 Å². The minimum atomic E-state index is -0.331. The number of carbonyl (C=O) groups excluding carboxylic acids is 2. The molecule has 2 aromatic rings. The van der Waals surface area contributed by atoms with Gasteiger partial charge in [0.05, 0.1) is 0 Å². The van der Waals surface area contributed by atoms with Crippen LogP contribution in [-0.4, -0.2) is 31.1 Å². The van der Waals surface area contributed by atoms with Crippen molar-refractivity contribution < 1.29 is 14.3 Å². The summed E-state index contributed by atoms with van der Waals surface area (Å²) in [6.45, 7) is 7.27. The zero-order valence-electron chi connectivity index (χ0n) is 16.7. The number of fused-ring (bicyclic) bond motifs is 1. The molecule has 1 saturated heterocycles. The van der Waals surface area contributed by atoms with Gasteiger partial charge in [-0.1, -0.05) is 23.8 Å². The van der Waals surface area contributed by atoms with Crippen LogP contribution in [0.5, 0.6) is 0 Å². The van der Waals surface area contributed by atoms with Crippen molar-refractivity contribution in [2.75, 3.05) is 23.4 Å². The number of amides is 2. The molecule has 2 aliphatic heterocycles. The van der Waals surface area contributed by atoms with Gasteiger partial charge < -0.3 is 15.0 Å². The highest BCUT2D eigenvalue weighted by Gasteiger charge is 2.32. The number of carbonyl (C=O) groups is 2. The highest BCUT2D eigenvalue weighted by Crippen LogP contribution is 2.33. The van der Waals surface area contributed by atoms with Crippen molar-refractivity contribution in [2.45, 2.75) is 46.1 Å². The lowest BCUT2D eigenvalue weighted by Crippen LogP contribution is -2.37. The number of benzene rings is 2. The van der Waals surface area contributed by atoms with Crippen LogP contribution in [0.4, 0.5) is 11.4 Å². The van der Waals surface area contributed by atoms with E-state index in [-0.39, 0.29) is 17.9 Å². The van der Waals surface area contributed by atoms with Gasteiger partial charge >= 0.3 is 0 Å². The third-order valence-corrected chi connectivity index (χ3v) is 5.61. The fourth-order valence-electron chi connectivity index (χ4n) is 4.36. The Hall–Kier alpha value is -2.66. The van der Waals surface area contributed by atoms with E-state index in [4.69, 9.17) is 4.74 Å². The lowest BCUT2D eigenvalue weighted by molar-refractivity contribution is -0.127. The number of rotatable bonds is 3. The number of hydrogen-bond donors (Lipinski definition) is 1. The number of aryl methyl sites for hydroxylation is 3. The molecule has 5 heteroatoms. The van der Waals surface area contributed by atoms with Crippen molar-refractivity contribution in [3.8, 4) is 0 Å². The van der Waals surface area contributed by atoms with Gasteiger partial charge in [0.2, 0.25) is 0 Å². The van der Waals surface area contributed by atoms with E-state index in [0.717, 1.165) is 47.2 Å². The van der Waals surface area contributed by atoms with Crippen molar-refractivity contribution in [2.24, 2.45) is 0 Å². The summed E-state index contributed by atoms with van der Waals surface area (Å²) in [5.41, 5.74) is 6.50. The second kappa shape index (κ2) is 7.40. The van der Waals surface area contributed by atoms with Gasteiger partial charge in [-0.05, 0) is 68.9 Å². The minimum Gasteiger partial charge on any atom is -0.368 e. The largest absolute Gasteiger partial charge is 0.368 e. The molecule has 4 rings (SSSR count). The molecular formula is C23H26N2O3. The third kappa shape index (κ3) is 3.42. The zero-order chi connectivity index (χ0) is 19.8. The molecule has 0 spiro atoms. The Kier molecular flexibility index (Phi) is 4.94. The van der Waals surface area contributed by atoms with Crippen LogP contribution in [0.1, 0.15) is 45.5 Å². The van der Waals surface area contributed by atoms with Gasteiger partial charge in [-0.3, -0.25) is 9.59 Å². The molecule has 146 valence electrons. The van der Waals surface area contributed by atoms with Gasteiger partial charge in [0.15, 0.2) is 0 Å². The molecule has 2 aromatic carbocycles. The van der Waals surface area contributed by atoms with Crippen molar-refractivity contribution in [3.05, 3.63) is 58.1 Å². The van der Waals surface area contributed by atoms with Crippen LogP contribution in [-0.2, 0) is 16.0 Å². The lowest BCUT2D eigenvalue weighted by atomic mass is 9.99. The third-order valence-electron chi connectivity index (χ3n) is 5.61. The summed E-state index contributed by atoms with van der Waals surface area (Å²) < 4.78 is 5.57. The topological polar surface area (TPSA) is 58.6 Å². The van der Waals surface area contributed by atoms with E-state index in [2.05, 4.69) is 5.32 Å². The van der Waals surface area contributed by atoms with E-state index in [0.29, 0.717) is 24.4 Å². The quantitative estimate of drug-likeness (QED) is 0.880. The van der Waals surface area contributed by atoms with Crippen LogP contribution in [0, 0.1) is 20.8 Å². The Morgan fingerprint density at radius 1 is 1.11 bits per heavy atom. The Balaban J connectivity index is 1.57. The molecule has 2 heterocycles. The van der Waals surface area contributed by atoms with Crippen molar-refractivity contribution in [1.82, 2.24) is 0 Å². The van der Waals surface area contributed by atoms with E-state index in [9.17, 15) is 9.59 Å².